The second-order valence-corrected chi connectivity index (χ2v) is 11.0. The molecule has 0 unspecified atom stereocenters. The summed E-state index contributed by atoms with van der Waals surface area (Å²) in [5, 5.41) is 21.4. The van der Waals surface area contributed by atoms with E-state index in [1.807, 2.05) is 34.9 Å². The fourth-order valence-electron chi connectivity index (χ4n) is 5.66. The van der Waals surface area contributed by atoms with Crippen LogP contribution in [0.15, 0.2) is 24.3 Å². The number of nitrogens with zero attached hydrogens (tertiary/aromatic N) is 5. The van der Waals surface area contributed by atoms with Crippen LogP contribution in [0.25, 0.3) is 0 Å². The molecule has 3 saturated heterocycles. The van der Waals surface area contributed by atoms with E-state index in [4.69, 9.17) is 4.74 Å². The third-order valence-corrected chi connectivity index (χ3v) is 7.32. The van der Waals surface area contributed by atoms with Crippen molar-refractivity contribution in [2.24, 2.45) is 0 Å². The van der Waals surface area contributed by atoms with Crippen molar-refractivity contribution in [2.45, 2.75) is 82.8 Å². The Balaban J connectivity index is 1.48. The van der Waals surface area contributed by atoms with Crippen LogP contribution >= 0.6 is 0 Å². The molecule has 0 aromatic heterocycles. The lowest BCUT2D eigenvalue weighted by molar-refractivity contribution is -0.141. The Morgan fingerprint density at radius 2 is 2.03 bits per heavy atom. The van der Waals surface area contributed by atoms with Crippen molar-refractivity contribution in [2.75, 3.05) is 19.6 Å². The first-order chi connectivity index (χ1) is 17.5. The first-order valence-electron chi connectivity index (χ1n) is 12.8. The minimum Gasteiger partial charge on any atom is -0.444 e. The lowest BCUT2D eigenvalue weighted by Gasteiger charge is -2.39. The van der Waals surface area contributed by atoms with Crippen molar-refractivity contribution in [3.05, 3.63) is 35.4 Å². The number of rotatable bonds is 6. The van der Waals surface area contributed by atoms with Crippen LogP contribution < -0.4 is 5.32 Å². The molecule has 3 aliphatic heterocycles. The molecule has 3 aliphatic rings. The number of nitriles is 2. The Morgan fingerprint density at radius 1 is 1.27 bits per heavy atom. The zero-order valence-corrected chi connectivity index (χ0v) is 21.8. The molecule has 196 valence electrons. The van der Waals surface area contributed by atoms with Gasteiger partial charge in [-0.3, -0.25) is 14.5 Å². The van der Waals surface area contributed by atoms with Crippen molar-refractivity contribution < 1.29 is 19.1 Å². The largest absolute Gasteiger partial charge is 0.444 e. The van der Waals surface area contributed by atoms with Gasteiger partial charge in [0.1, 0.15) is 17.7 Å². The van der Waals surface area contributed by atoms with E-state index in [0.717, 1.165) is 12.0 Å². The second kappa shape index (κ2) is 10.4. The van der Waals surface area contributed by atoms with Crippen molar-refractivity contribution in [1.29, 1.82) is 10.5 Å². The molecule has 0 spiro atoms. The van der Waals surface area contributed by atoms with Crippen molar-refractivity contribution >= 4 is 17.9 Å². The maximum atomic E-state index is 13.5. The van der Waals surface area contributed by atoms with Crippen LogP contribution in [0.3, 0.4) is 0 Å². The SMILES string of the molecule is C[C@H](c1cccc(C#N)c1)N1C(=O)[C@H]2C[C@@H]1CN2C[C@H](NC(=O)OC(C)(C)C)C(=O)N1CCC[C@H]1C#N. The molecule has 3 fully saturated rings. The Labute approximate surface area is 217 Å². The Hall–Kier alpha value is -3.63. The Bertz CT molecular complexity index is 1150. The van der Waals surface area contributed by atoms with Crippen LogP contribution in [0.2, 0.25) is 0 Å². The summed E-state index contributed by atoms with van der Waals surface area (Å²) in [5.74, 6) is -0.352. The molecular formula is C27H34N6O4. The second-order valence-electron chi connectivity index (χ2n) is 11.0. The highest BCUT2D eigenvalue weighted by Gasteiger charge is 2.52. The van der Waals surface area contributed by atoms with Crippen LogP contribution in [0.1, 0.15) is 64.1 Å². The number of alkyl carbamates (subject to hydrolysis) is 1. The molecule has 1 aromatic rings. The molecule has 0 radical (unpaired) electrons. The summed E-state index contributed by atoms with van der Waals surface area (Å²) in [6, 6.07) is 9.54. The number of hydrogen-bond donors (Lipinski definition) is 1. The number of benzene rings is 1. The molecular weight excluding hydrogens is 472 g/mol. The van der Waals surface area contributed by atoms with Crippen molar-refractivity contribution in [3.8, 4) is 12.1 Å². The summed E-state index contributed by atoms with van der Waals surface area (Å²) in [4.78, 5) is 44.9. The zero-order valence-electron chi connectivity index (χ0n) is 21.8. The monoisotopic (exact) mass is 506 g/mol. The molecule has 5 atom stereocenters. The van der Waals surface area contributed by atoms with Gasteiger partial charge in [-0.05, 0) is 64.7 Å². The van der Waals surface area contributed by atoms with E-state index in [-0.39, 0.29) is 30.4 Å². The van der Waals surface area contributed by atoms with E-state index >= 15 is 0 Å². The van der Waals surface area contributed by atoms with Gasteiger partial charge in [0.2, 0.25) is 11.8 Å². The first kappa shape index (κ1) is 26.4. The number of fused-ring (bicyclic) bond motifs is 2. The van der Waals surface area contributed by atoms with Gasteiger partial charge in [-0.2, -0.15) is 10.5 Å². The molecule has 0 aliphatic carbocycles. The summed E-state index contributed by atoms with van der Waals surface area (Å²) in [5.41, 5.74) is 0.723. The smallest absolute Gasteiger partial charge is 0.408 e. The van der Waals surface area contributed by atoms with E-state index < -0.39 is 29.8 Å². The van der Waals surface area contributed by atoms with Crippen LogP contribution in [0.4, 0.5) is 4.79 Å². The predicted octanol–water partition coefficient (Wildman–Crippen LogP) is 2.31. The van der Waals surface area contributed by atoms with Crippen molar-refractivity contribution in [1.82, 2.24) is 20.0 Å². The van der Waals surface area contributed by atoms with Crippen LogP contribution in [0.5, 0.6) is 0 Å². The molecule has 37 heavy (non-hydrogen) atoms. The number of carbonyl (C=O) groups excluding carboxylic acids is 3. The summed E-state index contributed by atoms with van der Waals surface area (Å²) in [6.07, 6.45) is 1.27. The highest BCUT2D eigenvalue weighted by Crippen LogP contribution is 2.38. The third-order valence-electron chi connectivity index (χ3n) is 7.32. The predicted molar refractivity (Wildman–Crippen MR) is 134 cm³/mol. The average molecular weight is 507 g/mol. The minimum atomic E-state index is -0.936. The summed E-state index contributed by atoms with van der Waals surface area (Å²) >= 11 is 0. The molecule has 10 nitrogen and oxygen atoms in total. The molecule has 0 saturated carbocycles. The average Bonchev–Trinajstić information content (AvgIpc) is 3.56. The van der Waals surface area contributed by atoms with Gasteiger partial charge in [0.15, 0.2) is 0 Å². The van der Waals surface area contributed by atoms with E-state index in [2.05, 4.69) is 17.5 Å². The van der Waals surface area contributed by atoms with Gasteiger partial charge >= 0.3 is 6.09 Å². The van der Waals surface area contributed by atoms with Gasteiger partial charge in [0.05, 0.1) is 29.8 Å². The first-order valence-corrected chi connectivity index (χ1v) is 12.8. The van der Waals surface area contributed by atoms with Crippen LogP contribution in [0, 0.1) is 22.7 Å². The Kier molecular flexibility index (Phi) is 7.42. The molecule has 10 heteroatoms. The number of nitrogens with one attached hydrogen (secondary N) is 1. The highest BCUT2D eigenvalue weighted by atomic mass is 16.6. The van der Waals surface area contributed by atoms with E-state index in [1.54, 1.807) is 26.8 Å². The van der Waals surface area contributed by atoms with Gasteiger partial charge < -0.3 is 19.9 Å². The molecule has 3 heterocycles. The van der Waals surface area contributed by atoms with Crippen LogP contribution in [-0.2, 0) is 14.3 Å². The maximum Gasteiger partial charge on any atom is 0.408 e. The fourth-order valence-corrected chi connectivity index (χ4v) is 5.66. The molecule has 4 rings (SSSR count). The lowest BCUT2D eigenvalue weighted by atomic mass is 10.0. The maximum absolute atomic E-state index is 13.5. The summed E-state index contributed by atoms with van der Waals surface area (Å²) in [6.45, 7) is 8.39. The molecule has 1 aromatic carbocycles. The molecule has 1 N–H and O–H groups in total. The Morgan fingerprint density at radius 3 is 2.68 bits per heavy atom. The lowest BCUT2D eigenvalue weighted by Crippen LogP contribution is -2.59. The number of amides is 3. The van der Waals surface area contributed by atoms with Crippen LogP contribution in [-0.4, -0.2) is 82.0 Å². The van der Waals surface area contributed by atoms with Gasteiger partial charge in [0, 0.05) is 25.7 Å². The standard InChI is InChI=1S/C27H34N6O4/c1-17(19-8-5-7-18(11-19)13-28)33-21-12-23(25(33)35)31(15-21)16-22(30-26(36)37-27(2,3)4)24(34)32-10-6-9-20(32)14-29/h5,7-8,11,17,20-23H,6,9-10,12,15-16H2,1-4H3,(H,30,36)/t17-,20+,21-,22+,23-/m1/s1. The van der Waals surface area contributed by atoms with Gasteiger partial charge in [-0.1, -0.05) is 12.1 Å². The zero-order chi connectivity index (χ0) is 26.9. The van der Waals surface area contributed by atoms with Gasteiger partial charge in [-0.15, -0.1) is 0 Å². The third kappa shape index (κ3) is 5.55. The number of piperazine rings is 1. The number of likely N-dealkylation sites (tertiary alicyclic amines) is 3. The summed E-state index contributed by atoms with van der Waals surface area (Å²) < 4.78 is 5.40. The highest BCUT2D eigenvalue weighted by molar-refractivity contribution is 5.88. The van der Waals surface area contributed by atoms with E-state index in [0.29, 0.717) is 31.5 Å². The number of ether oxygens (including phenoxy) is 1. The topological polar surface area (TPSA) is 130 Å². The fraction of sp³-hybridized carbons (Fsp3) is 0.593. The summed E-state index contributed by atoms with van der Waals surface area (Å²) in [7, 11) is 0. The van der Waals surface area contributed by atoms with E-state index in [1.165, 1.54) is 4.90 Å². The van der Waals surface area contributed by atoms with Gasteiger partial charge in [-0.25, -0.2) is 4.79 Å². The van der Waals surface area contributed by atoms with Crippen molar-refractivity contribution in [3.63, 3.8) is 0 Å². The normalized spacial score (nSPS) is 24.9. The number of hydrogen-bond acceptors (Lipinski definition) is 7. The number of carbonyl (C=O) groups is 3. The minimum absolute atomic E-state index is 0.0225. The van der Waals surface area contributed by atoms with E-state index in [9.17, 15) is 24.9 Å². The molecule has 2 bridgehead atoms. The van der Waals surface area contributed by atoms with Gasteiger partial charge in [0.25, 0.3) is 0 Å². The quantitative estimate of drug-likeness (QED) is 0.627. The molecule has 3 amide bonds.